The number of rotatable bonds is 7. The summed E-state index contributed by atoms with van der Waals surface area (Å²) in [7, 11) is 0. The van der Waals surface area contributed by atoms with Gasteiger partial charge in [0.1, 0.15) is 11.3 Å². The summed E-state index contributed by atoms with van der Waals surface area (Å²) in [6.45, 7) is 5.45. The zero-order valence-electron chi connectivity index (χ0n) is 20.8. The van der Waals surface area contributed by atoms with Crippen molar-refractivity contribution in [2.75, 3.05) is 13.2 Å². The lowest BCUT2D eigenvalue weighted by Gasteiger charge is -2.39. The highest BCUT2D eigenvalue weighted by Crippen LogP contribution is 2.35. The lowest BCUT2D eigenvalue weighted by Crippen LogP contribution is -2.50. The van der Waals surface area contributed by atoms with E-state index in [-0.39, 0.29) is 12.3 Å². The minimum atomic E-state index is -0.667. The third-order valence-corrected chi connectivity index (χ3v) is 7.10. The first-order valence-corrected chi connectivity index (χ1v) is 12.5. The summed E-state index contributed by atoms with van der Waals surface area (Å²) in [5.74, 6) is 0.694. The summed E-state index contributed by atoms with van der Waals surface area (Å²) in [6.07, 6.45) is 4.83. The summed E-state index contributed by atoms with van der Waals surface area (Å²) in [4.78, 5) is 17.3. The summed E-state index contributed by atoms with van der Waals surface area (Å²) in [5.41, 5.74) is 5.63. The molecule has 5 rings (SSSR count). The third kappa shape index (κ3) is 5.20. The molecule has 186 valence electrons. The Morgan fingerprint density at radius 2 is 1.83 bits per heavy atom. The number of hydrogen-bond acceptors (Lipinski definition) is 5. The molecule has 1 amide bonds. The van der Waals surface area contributed by atoms with Crippen LogP contribution in [0.15, 0.2) is 71.4 Å². The molecule has 2 aromatic heterocycles. The van der Waals surface area contributed by atoms with Crippen LogP contribution >= 0.6 is 0 Å². The number of hydrogen-bond donors (Lipinski definition) is 2. The van der Waals surface area contributed by atoms with Crippen molar-refractivity contribution in [1.29, 1.82) is 0 Å². The minimum absolute atomic E-state index is 0.00643. The van der Waals surface area contributed by atoms with Crippen molar-refractivity contribution >= 4 is 16.9 Å². The molecule has 3 heterocycles. The Balaban J connectivity index is 1.31. The zero-order chi connectivity index (χ0) is 25.1. The number of aliphatic hydroxyl groups is 1. The Morgan fingerprint density at radius 1 is 1.06 bits per heavy atom. The maximum atomic E-state index is 13.3. The number of carbonyl (C=O) groups excluding carboxylic acids is 1. The molecule has 0 saturated carbocycles. The van der Waals surface area contributed by atoms with E-state index in [1.54, 1.807) is 24.5 Å². The summed E-state index contributed by atoms with van der Waals surface area (Å²) < 4.78 is 11.6. The van der Waals surface area contributed by atoms with E-state index in [1.165, 1.54) is 16.7 Å². The minimum Gasteiger partial charge on any atom is -0.461 e. The number of furan rings is 1. The average Bonchev–Trinajstić information content (AvgIpc) is 3.26. The van der Waals surface area contributed by atoms with Gasteiger partial charge in [-0.2, -0.15) is 0 Å². The molecule has 0 aliphatic carbocycles. The summed E-state index contributed by atoms with van der Waals surface area (Å²) in [5, 5.41) is 14.8. The number of aryl methyl sites for hydroxylation is 2. The number of aromatic nitrogens is 1. The second-order valence-corrected chi connectivity index (χ2v) is 9.82. The normalized spacial score (nSPS) is 16.1. The Bertz CT molecular complexity index is 1360. The van der Waals surface area contributed by atoms with Crippen molar-refractivity contribution < 1.29 is 19.1 Å². The number of amides is 1. The van der Waals surface area contributed by atoms with Gasteiger partial charge < -0.3 is 19.6 Å². The fourth-order valence-corrected chi connectivity index (χ4v) is 5.28. The number of pyridine rings is 1. The number of carbonyl (C=O) groups is 1. The van der Waals surface area contributed by atoms with Gasteiger partial charge in [0, 0.05) is 37.4 Å². The fourth-order valence-electron chi connectivity index (χ4n) is 5.28. The molecule has 6 nitrogen and oxygen atoms in total. The second kappa shape index (κ2) is 10.2. The SMILES string of the molecule is Cc1ccc(C2(NC(=O)Cc3ccc4oc(CC(O)c5ccncc5)cc4c3)CCOCC2)c(C)c1. The van der Waals surface area contributed by atoms with Crippen LogP contribution in [0.1, 0.15) is 52.5 Å². The van der Waals surface area contributed by atoms with Gasteiger partial charge in [-0.3, -0.25) is 9.78 Å². The van der Waals surface area contributed by atoms with Crippen molar-refractivity contribution in [3.63, 3.8) is 0 Å². The molecule has 1 atom stereocenters. The molecule has 6 heteroatoms. The van der Waals surface area contributed by atoms with Crippen molar-refractivity contribution in [2.45, 2.75) is 51.2 Å². The van der Waals surface area contributed by atoms with Gasteiger partial charge >= 0.3 is 0 Å². The first kappa shape index (κ1) is 24.2. The Kier molecular flexibility index (Phi) is 6.90. The monoisotopic (exact) mass is 484 g/mol. The highest BCUT2D eigenvalue weighted by Gasteiger charge is 2.37. The Labute approximate surface area is 211 Å². The standard InChI is InChI=1S/C30H32N2O4/c1-20-3-5-26(21(2)15-20)30(9-13-35-14-10-30)32-29(34)17-22-4-6-28-24(16-22)18-25(36-28)19-27(33)23-7-11-31-12-8-23/h3-8,11-12,15-16,18,27,33H,9-10,13-14,17,19H2,1-2H3,(H,32,34). The van der Waals surface area contributed by atoms with Gasteiger partial charge in [-0.15, -0.1) is 0 Å². The molecule has 2 N–H and O–H groups in total. The fraction of sp³-hybridized carbons (Fsp3) is 0.333. The van der Waals surface area contributed by atoms with E-state index < -0.39 is 11.6 Å². The van der Waals surface area contributed by atoms with E-state index in [9.17, 15) is 9.90 Å². The molecule has 0 radical (unpaired) electrons. The first-order chi connectivity index (χ1) is 17.4. The number of aliphatic hydroxyl groups excluding tert-OH is 1. The van der Waals surface area contributed by atoms with Crippen LogP contribution in [0.25, 0.3) is 11.0 Å². The van der Waals surface area contributed by atoms with Gasteiger partial charge in [0.2, 0.25) is 5.91 Å². The van der Waals surface area contributed by atoms with E-state index in [0.717, 1.165) is 34.9 Å². The van der Waals surface area contributed by atoms with Crippen molar-refractivity contribution in [3.8, 4) is 0 Å². The van der Waals surface area contributed by atoms with Crippen LogP contribution in [0.3, 0.4) is 0 Å². The predicted molar refractivity (Wildman–Crippen MR) is 139 cm³/mol. The third-order valence-electron chi connectivity index (χ3n) is 7.10. The van der Waals surface area contributed by atoms with Gasteiger partial charge in [-0.25, -0.2) is 0 Å². The van der Waals surface area contributed by atoms with Crippen LogP contribution in [-0.2, 0) is 27.9 Å². The maximum absolute atomic E-state index is 13.3. The molecular formula is C30H32N2O4. The van der Waals surface area contributed by atoms with Gasteiger partial charge in [0.15, 0.2) is 0 Å². The van der Waals surface area contributed by atoms with E-state index in [2.05, 4.69) is 42.3 Å². The van der Waals surface area contributed by atoms with E-state index >= 15 is 0 Å². The van der Waals surface area contributed by atoms with Crippen LogP contribution in [0.4, 0.5) is 0 Å². The molecule has 1 saturated heterocycles. The van der Waals surface area contributed by atoms with Gasteiger partial charge in [0.05, 0.1) is 18.1 Å². The van der Waals surface area contributed by atoms with Crippen molar-refractivity contribution in [1.82, 2.24) is 10.3 Å². The van der Waals surface area contributed by atoms with Crippen LogP contribution in [0.5, 0.6) is 0 Å². The summed E-state index contributed by atoms with van der Waals surface area (Å²) >= 11 is 0. The molecule has 1 aliphatic heterocycles. The van der Waals surface area contributed by atoms with Crippen LogP contribution in [0, 0.1) is 13.8 Å². The number of nitrogens with one attached hydrogen (secondary N) is 1. The highest BCUT2D eigenvalue weighted by molar-refractivity contribution is 5.83. The molecule has 2 aromatic carbocycles. The second-order valence-electron chi connectivity index (χ2n) is 9.82. The van der Waals surface area contributed by atoms with Crippen LogP contribution in [0.2, 0.25) is 0 Å². The predicted octanol–water partition coefficient (Wildman–Crippen LogP) is 5.09. The molecule has 0 bridgehead atoms. The highest BCUT2D eigenvalue weighted by atomic mass is 16.5. The molecule has 0 spiro atoms. The van der Waals surface area contributed by atoms with Crippen molar-refractivity contribution in [3.05, 3.63) is 101 Å². The Hall–Kier alpha value is -3.48. The lowest BCUT2D eigenvalue weighted by atomic mass is 9.80. The molecule has 1 fully saturated rings. The molecular weight excluding hydrogens is 452 g/mol. The topological polar surface area (TPSA) is 84.6 Å². The van der Waals surface area contributed by atoms with E-state index in [0.29, 0.717) is 25.4 Å². The number of fused-ring (bicyclic) bond motifs is 1. The molecule has 36 heavy (non-hydrogen) atoms. The van der Waals surface area contributed by atoms with E-state index in [4.69, 9.17) is 9.15 Å². The molecule has 4 aromatic rings. The van der Waals surface area contributed by atoms with Crippen molar-refractivity contribution in [2.24, 2.45) is 0 Å². The van der Waals surface area contributed by atoms with E-state index in [1.807, 2.05) is 24.3 Å². The van der Waals surface area contributed by atoms with Gasteiger partial charge in [-0.1, -0.05) is 29.8 Å². The number of ether oxygens (including phenoxy) is 1. The largest absolute Gasteiger partial charge is 0.461 e. The smallest absolute Gasteiger partial charge is 0.225 e. The molecule has 1 unspecified atom stereocenters. The number of benzene rings is 2. The Morgan fingerprint density at radius 3 is 2.58 bits per heavy atom. The van der Waals surface area contributed by atoms with Crippen LogP contribution < -0.4 is 5.32 Å². The lowest BCUT2D eigenvalue weighted by molar-refractivity contribution is -0.123. The first-order valence-electron chi connectivity index (χ1n) is 12.5. The zero-order valence-corrected chi connectivity index (χ0v) is 20.8. The summed E-state index contributed by atoms with van der Waals surface area (Å²) in [6, 6.07) is 17.8. The van der Waals surface area contributed by atoms with Gasteiger partial charge in [0.25, 0.3) is 0 Å². The maximum Gasteiger partial charge on any atom is 0.225 e. The quantitative estimate of drug-likeness (QED) is 0.382. The van der Waals surface area contributed by atoms with Gasteiger partial charge in [-0.05, 0) is 79.3 Å². The number of nitrogens with zero attached hydrogens (tertiary/aromatic N) is 1. The van der Waals surface area contributed by atoms with Crippen LogP contribution in [-0.4, -0.2) is 29.2 Å². The average molecular weight is 485 g/mol. The molecule has 1 aliphatic rings.